The van der Waals surface area contributed by atoms with Gasteiger partial charge in [0.2, 0.25) is 11.8 Å². The summed E-state index contributed by atoms with van der Waals surface area (Å²) in [5, 5.41) is 8.34. The number of amides is 2. The monoisotopic (exact) mass is 343 g/mol. The molecule has 0 saturated heterocycles. The molecule has 0 fully saturated rings. The fraction of sp³-hybridized carbons (Fsp3) is 0.389. The van der Waals surface area contributed by atoms with E-state index in [1.807, 2.05) is 29.6 Å². The summed E-state index contributed by atoms with van der Waals surface area (Å²) < 4.78 is 0. The van der Waals surface area contributed by atoms with Crippen molar-refractivity contribution >= 4 is 34.0 Å². The number of carbonyl (C=O) groups excluding carboxylic acids is 2. The first-order valence-electron chi connectivity index (χ1n) is 8.17. The van der Waals surface area contributed by atoms with Crippen LogP contribution in [0.5, 0.6) is 0 Å². The first-order chi connectivity index (χ1) is 11.5. The molecular weight excluding hydrogens is 322 g/mol. The summed E-state index contributed by atoms with van der Waals surface area (Å²) in [6.45, 7) is 4.14. The number of thiazole rings is 1. The number of rotatable bonds is 5. The molecule has 1 aliphatic rings. The van der Waals surface area contributed by atoms with Crippen LogP contribution in [0.1, 0.15) is 43.9 Å². The molecule has 0 unspecified atom stereocenters. The quantitative estimate of drug-likeness (QED) is 0.867. The first kappa shape index (κ1) is 16.6. The lowest BCUT2D eigenvalue weighted by Crippen LogP contribution is -2.30. The van der Waals surface area contributed by atoms with Gasteiger partial charge in [-0.25, -0.2) is 4.98 Å². The fourth-order valence-electron chi connectivity index (χ4n) is 2.74. The fourth-order valence-corrected chi connectivity index (χ4v) is 3.63. The van der Waals surface area contributed by atoms with Crippen molar-refractivity contribution in [3.63, 3.8) is 0 Å². The van der Waals surface area contributed by atoms with Crippen LogP contribution in [0.15, 0.2) is 29.6 Å². The molecule has 0 radical (unpaired) electrons. The summed E-state index contributed by atoms with van der Waals surface area (Å²) >= 11 is 1.44. The zero-order valence-corrected chi connectivity index (χ0v) is 14.7. The second-order valence-corrected chi connectivity index (χ2v) is 7.22. The van der Waals surface area contributed by atoms with Crippen molar-refractivity contribution in [3.05, 3.63) is 40.9 Å². The maximum Gasteiger partial charge on any atom is 0.227 e. The largest absolute Gasteiger partial charge is 0.326 e. The highest BCUT2D eigenvalue weighted by Crippen LogP contribution is 2.28. The molecule has 3 rings (SSSR count). The average Bonchev–Trinajstić information content (AvgIpc) is 3.01. The molecule has 1 aromatic heterocycles. The van der Waals surface area contributed by atoms with E-state index in [0.29, 0.717) is 30.3 Å². The average molecular weight is 343 g/mol. The zero-order chi connectivity index (χ0) is 17.1. The van der Waals surface area contributed by atoms with E-state index < -0.39 is 0 Å². The van der Waals surface area contributed by atoms with Gasteiger partial charge in [0, 0.05) is 23.4 Å². The molecule has 2 aromatic rings. The minimum atomic E-state index is -0.159. The Balaban J connectivity index is 1.53. The van der Waals surface area contributed by atoms with E-state index in [1.165, 1.54) is 11.3 Å². The predicted octanol–water partition coefficient (Wildman–Crippen LogP) is 3.80. The topological polar surface area (TPSA) is 71.1 Å². The molecule has 6 heteroatoms. The van der Waals surface area contributed by atoms with Crippen LogP contribution in [0.4, 0.5) is 10.8 Å². The molecule has 1 aromatic carbocycles. The Morgan fingerprint density at radius 2 is 2.21 bits per heavy atom. The zero-order valence-electron chi connectivity index (χ0n) is 13.8. The number of aromatic nitrogens is 1. The van der Waals surface area contributed by atoms with Crippen molar-refractivity contribution in [2.45, 2.75) is 39.0 Å². The summed E-state index contributed by atoms with van der Waals surface area (Å²) in [5.74, 6) is 0.0928. The maximum atomic E-state index is 12.2. The van der Waals surface area contributed by atoms with Crippen LogP contribution in [0.2, 0.25) is 0 Å². The minimum Gasteiger partial charge on any atom is -0.326 e. The molecule has 2 amide bonds. The van der Waals surface area contributed by atoms with Crippen LogP contribution in [-0.4, -0.2) is 16.8 Å². The molecule has 0 aliphatic carbocycles. The van der Waals surface area contributed by atoms with E-state index in [2.05, 4.69) is 29.5 Å². The molecule has 1 atom stereocenters. The van der Waals surface area contributed by atoms with E-state index in [-0.39, 0.29) is 17.7 Å². The number of benzene rings is 1. The lowest BCUT2D eigenvalue weighted by atomic mass is 9.89. The molecule has 0 bridgehead atoms. The predicted molar refractivity (Wildman–Crippen MR) is 96.3 cm³/mol. The number of fused-ring (bicyclic) bond motifs is 1. The van der Waals surface area contributed by atoms with E-state index in [0.717, 1.165) is 16.9 Å². The molecule has 0 spiro atoms. The third kappa shape index (κ3) is 3.82. The van der Waals surface area contributed by atoms with Gasteiger partial charge in [0.25, 0.3) is 0 Å². The molecular formula is C18H21N3O2S. The highest BCUT2D eigenvalue weighted by Gasteiger charge is 2.26. The summed E-state index contributed by atoms with van der Waals surface area (Å²) in [4.78, 5) is 28.7. The van der Waals surface area contributed by atoms with Crippen molar-refractivity contribution in [2.24, 2.45) is 5.92 Å². The number of hydrogen-bond acceptors (Lipinski definition) is 4. The highest BCUT2D eigenvalue weighted by molar-refractivity contribution is 7.13. The van der Waals surface area contributed by atoms with Gasteiger partial charge in [0.15, 0.2) is 5.13 Å². The van der Waals surface area contributed by atoms with E-state index in [1.54, 1.807) is 0 Å². The van der Waals surface area contributed by atoms with E-state index in [9.17, 15) is 9.59 Å². The summed E-state index contributed by atoms with van der Waals surface area (Å²) in [5.41, 5.74) is 3.00. The van der Waals surface area contributed by atoms with Gasteiger partial charge < -0.3 is 10.6 Å². The number of anilines is 2. The number of para-hydroxylation sites is 1. The molecule has 2 N–H and O–H groups in total. The SMILES string of the molecule is CC(C)c1csc(NC(=O)CC[C@H]2Cc3ccccc3NC2=O)n1. The molecule has 0 saturated carbocycles. The molecule has 24 heavy (non-hydrogen) atoms. The third-order valence-corrected chi connectivity index (χ3v) is 4.97. The van der Waals surface area contributed by atoms with Gasteiger partial charge in [0.05, 0.1) is 5.69 Å². The highest BCUT2D eigenvalue weighted by atomic mass is 32.1. The lowest BCUT2D eigenvalue weighted by Gasteiger charge is -2.24. The summed E-state index contributed by atoms with van der Waals surface area (Å²) in [6.07, 6.45) is 1.54. The Bertz CT molecular complexity index is 754. The van der Waals surface area contributed by atoms with Crippen LogP contribution in [0.25, 0.3) is 0 Å². The number of nitrogens with zero attached hydrogens (tertiary/aromatic N) is 1. The minimum absolute atomic E-state index is 0.00200. The van der Waals surface area contributed by atoms with Gasteiger partial charge in [-0.15, -0.1) is 11.3 Å². The van der Waals surface area contributed by atoms with Crippen molar-refractivity contribution in [1.29, 1.82) is 0 Å². The molecule has 5 nitrogen and oxygen atoms in total. The van der Waals surface area contributed by atoms with Crippen molar-refractivity contribution < 1.29 is 9.59 Å². The second-order valence-electron chi connectivity index (χ2n) is 6.37. The van der Waals surface area contributed by atoms with Crippen LogP contribution in [0, 0.1) is 5.92 Å². The molecule has 2 heterocycles. The summed E-state index contributed by atoms with van der Waals surface area (Å²) in [7, 11) is 0. The maximum absolute atomic E-state index is 12.2. The Kier molecular flexibility index (Phi) is 4.94. The van der Waals surface area contributed by atoms with Gasteiger partial charge in [-0.05, 0) is 30.4 Å². The Labute approximate surface area is 145 Å². The van der Waals surface area contributed by atoms with Crippen LogP contribution < -0.4 is 10.6 Å². The number of hydrogen-bond donors (Lipinski definition) is 2. The van der Waals surface area contributed by atoms with Crippen LogP contribution in [0.3, 0.4) is 0 Å². The van der Waals surface area contributed by atoms with Gasteiger partial charge in [-0.1, -0.05) is 32.0 Å². The van der Waals surface area contributed by atoms with Gasteiger partial charge in [-0.2, -0.15) is 0 Å². The number of carbonyl (C=O) groups is 2. The summed E-state index contributed by atoms with van der Waals surface area (Å²) in [6, 6.07) is 7.80. The number of nitrogens with one attached hydrogen (secondary N) is 2. The third-order valence-electron chi connectivity index (χ3n) is 4.19. The van der Waals surface area contributed by atoms with Gasteiger partial charge in [0.1, 0.15) is 0 Å². The Morgan fingerprint density at radius 1 is 1.42 bits per heavy atom. The van der Waals surface area contributed by atoms with Crippen molar-refractivity contribution in [2.75, 3.05) is 10.6 Å². The molecule has 126 valence electrons. The Hall–Kier alpha value is -2.21. The second kappa shape index (κ2) is 7.13. The van der Waals surface area contributed by atoms with Gasteiger partial charge >= 0.3 is 0 Å². The normalized spacial score (nSPS) is 16.6. The molecule has 1 aliphatic heterocycles. The van der Waals surface area contributed by atoms with Gasteiger partial charge in [-0.3, -0.25) is 9.59 Å². The van der Waals surface area contributed by atoms with Crippen molar-refractivity contribution in [1.82, 2.24) is 4.98 Å². The smallest absolute Gasteiger partial charge is 0.227 e. The Morgan fingerprint density at radius 3 is 2.96 bits per heavy atom. The van der Waals surface area contributed by atoms with Crippen LogP contribution in [-0.2, 0) is 16.0 Å². The van der Waals surface area contributed by atoms with E-state index in [4.69, 9.17) is 0 Å². The van der Waals surface area contributed by atoms with Crippen molar-refractivity contribution in [3.8, 4) is 0 Å². The lowest BCUT2D eigenvalue weighted by molar-refractivity contribution is -0.121. The van der Waals surface area contributed by atoms with E-state index >= 15 is 0 Å². The van der Waals surface area contributed by atoms with Crippen LogP contribution >= 0.6 is 11.3 Å². The standard InChI is InChI=1S/C18H21N3O2S/c1-11(2)15-10-24-18(20-15)21-16(22)8-7-13-9-12-5-3-4-6-14(12)19-17(13)23/h3-6,10-11,13H,7-9H2,1-2H3,(H,19,23)(H,20,21,22)/t13-/m0/s1. The first-order valence-corrected chi connectivity index (χ1v) is 9.05.